The van der Waals surface area contributed by atoms with Gasteiger partial charge in [0.05, 0.1) is 6.61 Å². The lowest BCUT2D eigenvalue weighted by Crippen LogP contribution is -2.44. The van der Waals surface area contributed by atoms with Crippen molar-refractivity contribution < 1.29 is 33.7 Å². The van der Waals surface area contributed by atoms with Crippen LogP contribution in [0.4, 0.5) is 4.79 Å². The number of esters is 1. The Morgan fingerprint density at radius 2 is 1.55 bits per heavy atom. The van der Waals surface area contributed by atoms with Crippen LogP contribution in [0.2, 0.25) is 0 Å². The maximum Gasteiger partial charge on any atom is 0.408 e. The van der Waals surface area contributed by atoms with Crippen LogP contribution >= 0.6 is 0 Å². The molecule has 31 heavy (non-hydrogen) atoms. The number of benzene rings is 1. The van der Waals surface area contributed by atoms with Crippen LogP contribution in [0.15, 0.2) is 24.3 Å². The second-order valence-electron chi connectivity index (χ2n) is 9.16. The lowest BCUT2D eigenvalue weighted by atomic mass is 10.1. The minimum Gasteiger partial charge on any atom is -0.494 e. The predicted octanol–water partition coefficient (Wildman–Crippen LogP) is 2.64. The van der Waals surface area contributed by atoms with Crippen LogP contribution in [0.3, 0.4) is 0 Å². The lowest BCUT2D eigenvalue weighted by molar-refractivity contribution is -0.156. The molecule has 1 amide bonds. The summed E-state index contributed by atoms with van der Waals surface area (Å²) < 4.78 is 15.9. The Bertz CT molecular complexity index is 749. The molecule has 0 saturated heterocycles. The zero-order valence-electron chi connectivity index (χ0n) is 19.1. The van der Waals surface area contributed by atoms with Crippen LogP contribution in [0.1, 0.15) is 53.5 Å². The quantitative estimate of drug-likeness (QED) is 0.500. The Balaban J connectivity index is 2.55. The van der Waals surface area contributed by atoms with Crippen molar-refractivity contribution in [2.75, 3.05) is 6.61 Å². The number of rotatable bonds is 9. The minimum atomic E-state index is -1.16. The van der Waals surface area contributed by atoms with Crippen molar-refractivity contribution in [3.05, 3.63) is 29.8 Å². The summed E-state index contributed by atoms with van der Waals surface area (Å²) in [5.74, 6) is -1.10. The van der Waals surface area contributed by atoms with E-state index in [2.05, 4.69) is 5.32 Å². The number of carboxylic acids is 1. The molecule has 0 spiro atoms. The molecule has 0 aromatic heterocycles. The number of nitrogens with two attached hydrogens (primary N) is 1. The van der Waals surface area contributed by atoms with E-state index in [0.29, 0.717) is 11.3 Å². The van der Waals surface area contributed by atoms with Gasteiger partial charge in [0.15, 0.2) is 0 Å². The molecule has 0 aliphatic carbocycles. The van der Waals surface area contributed by atoms with E-state index >= 15 is 0 Å². The molecular weight excluding hydrogens is 404 g/mol. The van der Waals surface area contributed by atoms with Gasteiger partial charge in [-0.05, 0) is 59.2 Å². The molecule has 0 heterocycles. The molecule has 9 nitrogen and oxygen atoms in total. The van der Waals surface area contributed by atoms with Gasteiger partial charge in [0.25, 0.3) is 0 Å². The molecule has 1 rings (SSSR count). The van der Waals surface area contributed by atoms with E-state index in [0.717, 1.165) is 0 Å². The summed E-state index contributed by atoms with van der Waals surface area (Å²) in [6.07, 6.45) is -0.420. The van der Waals surface area contributed by atoms with Crippen molar-refractivity contribution in [1.82, 2.24) is 5.32 Å². The fourth-order valence-corrected chi connectivity index (χ4v) is 2.41. The number of ether oxygens (including phenoxy) is 3. The number of hydrogen-bond acceptors (Lipinski definition) is 7. The standard InChI is InChI=1S/C22H34N2O7/c1-21(2,3)30-19(27)16(23)11-12-29-15-9-7-14(8-10-15)13-17(18(25)26)24-20(28)31-22(4,5)6/h7-10,16-17H,11-13,23H2,1-6H3,(H,24,28)(H,25,26)/t16?,17-/m0/s1. The fourth-order valence-electron chi connectivity index (χ4n) is 2.41. The largest absolute Gasteiger partial charge is 0.494 e. The van der Waals surface area contributed by atoms with Gasteiger partial charge in [-0.15, -0.1) is 0 Å². The first-order valence-electron chi connectivity index (χ1n) is 10.1. The van der Waals surface area contributed by atoms with Crippen LogP contribution in [0, 0.1) is 0 Å². The number of aliphatic carboxylic acids is 1. The maximum atomic E-state index is 11.9. The number of amides is 1. The molecule has 9 heteroatoms. The van der Waals surface area contributed by atoms with E-state index in [1.165, 1.54) is 0 Å². The Kier molecular flexibility index (Phi) is 9.30. The molecule has 0 bridgehead atoms. The summed E-state index contributed by atoms with van der Waals surface area (Å²) in [7, 11) is 0. The zero-order chi connectivity index (χ0) is 23.8. The van der Waals surface area contributed by atoms with Gasteiger partial charge in [0.1, 0.15) is 29.0 Å². The fraction of sp³-hybridized carbons (Fsp3) is 0.591. The van der Waals surface area contributed by atoms with Crippen molar-refractivity contribution in [1.29, 1.82) is 0 Å². The normalized spacial score (nSPS) is 13.6. The van der Waals surface area contributed by atoms with Gasteiger partial charge in [-0.3, -0.25) is 4.79 Å². The molecule has 174 valence electrons. The first kappa shape index (κ1) is 26.2. The summed E-state index contributed by atoms with van der Waals surface area (Å²) >= 11 is 0. The average molecular weight is 439 g/mol. The molecule has 4 N–H and O–H groups in total. The molecule has 0 saturated carbocycles. The van der Waals surface area contributed by atoms with E-state index in [-0.39, 0.29) is 19.4 Å². The van der Waals surface area contributed by atoms with Crippen LogP contribution in [-0.4, -0.2) is 53.0 Å². The smallest absolute Gasteiger partial charge is 0.408 e. The summed E-state index contributed by atoms with van der Waals surface area (Å²) in [5, 5.41) is 11.7. The van der Waals surface area contributed by atoms with Gasteiger partial charge >= 0.3 is 18.0 Å². The number of carbonyl (C=O) groups excluding carboxylic acids is 2. The highest BCUT2D eigenvalue weighted by atomic mass is 16.6. The maximum absolute atomic E-state index is 11.9. The Hall–Kier alpha value is -2.81. The lowest BCUT2D eigenvalue weighted by Gasteiger charge is -2.22. The zero-order valence-corrected chi connectivity index (χ0v) is 19.1. The van der Waals surface area contributed by atoms with Gasteiger partial charge in [0, 0.05) is 12.8 Å². The van der Waals surface area contributed by atoms with Crippen molar-refractivity contribution in [2.24, 2.45) is 5.73 Å². The van der Waals surface area contributed by atoms with Gasteiger partial charge in [-0.1, -0.05) is 12.1 Å². The summed E-state index contributed by atoms with van der Waals surface area (Å²) in [5.41, 5.74) is 5.19. The third-order valence-electron chi connectivity index (χ3n) is 3.76. The van der Waals surface area contributed by atoms with Gasteiger partial charge in [0.2, 0.25) is 0 Å². The van der Waals surface area contributed by atoms with E-state index < -0.39 is 41.3 Å². The second-order valence-corrected chi connectivity index (χ2v) is 9.16. The van der Waals surface area contributed by atoms with Gasteiger partial charge in [-0.25, -0.2) is 9.59 Å². The highest BCUT2D eigenvalue weighted by Crippen LogP contribution is 2.15. The van der Waals surface area contributed by atoms with Crippen molar-refractivity contribution >= 4 is 18.0 Å². The molecule has 0 fully saturated rings. The third kappa shape index (κ3) is 11.2. The second kappa shape index (κ2) is 11.0. The van der Waals surface area contributed by atoms with Gasteiger partial charge < -0.3 is 30.4 Å². The van der Waals surface area contributed by atoms with E-state index in [1.807, 2.05) is 0 Å². The van der Waals surface area contributed by atoms with Crippen molar-refractivity contribution in [3.8, 4) is 5.75 Å². The number of alkyl carbamates (subject to hydrolysis) is 1. The molecule has 0 radical (unpaired) electrons. The number of hydrogen-bond donors (Lipinski definition) is 3. The SMILES string of the molecule is CC(C)(C)OC(=O)N[C@@H](Cc1ccc(OCCC(N)C(=O)OC(C)(C)C)cc1)C(=O)O. The highest BCUT2D eigenvalue weighted by molar-refractivity contribution is 5.80. The first-order valence-corrected chi connectivity index (χ1v) is 10.1. The molecule has 1 aromatic carbocycles. The Morgan fingerprint density at radius 1 is 1.00 bits per heavy atom. The van der Waals surface area contributed by atoms with E-state index in [9.17, 15) is 19.5 Å². The number of nitrogens with one attached hydrogen (secondary N) is 1. The topological polar surface area (TPSA) is 137 Å². The monoisotopic (exact) mass is 438 g/mol. The van der Waals surface area contributed by atoms with Crippen molar-refractivity contribution in [2.45, 2.75) is 77.7 Å². The molecular formula is C22H34N2O7. The number of carboxylic acid groups (broad SMARTS) is 1. The molecule has 0 aliphatic heterocycles. The minimum absolute atomic E-state index is 0.0817. The van der Waals surface area contributed by atoms with Crippen LogP contribution in [-0.2, 0) is 25.5 Å². The third-order valence-corrected chi connectivity index (χ3v) is 3.76. The van der Waals surface area contributed by atoms with E-state index in [4.69, 9.17) is 19.9 Å². The van der Waals surface area contributed by atoms with Crippen LogP contribution in [0.25, 0.3) is 0 Å². The predicted molar refractivity (Wildman–Crippen MR) is 115 cm³/mol. The van der Waals surface area contributed by atoms with Crippen molar-refractivity contribution in [3.63, 3.8) is 0 Å². The van der Waals surface area contributed by atoms with Crippen LogP contribution < -0.4 is 15.8 Å². The first-order chi connectivity index (χ1) is 14.2. The highest BCUT2D eigenvalue weighted by Gasteiger charge is 2.24. The summed E-state index contributed by atoms with van der Waals surface area (Å²) in [6.45, 7) is 10.6. The number of carbonyl (C=O) groups is 3. The Labute approximate surface area is 183 Å². The average Bonchev–Trinajstić information content (AvgIpc) is 2.59. The summed E-state index contributed by atoms with van der Waals surface area (Å²) in [4.78, 5) is 35.2. The van der Waals surface area contributed by atoms with Crippen LogP contribution in [0.5, 0.6) is 5.75 Å². The molecule has 2 atom stereocenters. The van der Waals surface area contributed by atoms with Gasteiger partial charge in [-0.2, -0.15) is 0 Å². The van der Waals surface area contributed by atoms with E-state index in [1.54, 1.807) is 65.8 Å². The molecule has 1 unspecified atom stereocenters. The molecule has 1 aromatic rings. The molecule has 0 aliphatic rings. The summed E-state index contributed by atoms with van der Waals surface area (Å²) in [6, 6.07) is 4.86. The Morgan fingerprint density at radius 3 is 2.03 bits per heavy atom.